The fourth-order valence-corrected chi connectivity index (χ4v) is 4.18. The van der Waals surface area contributed by atoms with Gasteiger partial charge in [-0.2, -0.15) is 5.10 Å². The van der Waals surface area contributed by atoms with Gasteiger partial charge >= 0.3 is 5.97 Å². The number of carbonyl (C=O) groups excluding carboxylic acids is 3. The second-order valence-corrected chi connectivity index (χ2v) is 8.76. The van der Waals surface area contributed by atoms with Gasteiger partial charge in [0.1, 0.15) is 5.56 Å². The van der Waals surface area contributed by atoms with Crippen molar-refractivity contribution in [2.24, 2.45) is 5.10 Å². The van der Waals surface area contributed by atoms with E-state index >= 15 is 0 Å². The number of nitrogens with zero attached hydrogens (tertiary/aromatic N) is 2. The first-order valence-electron chi connectivity index (χ1n) is 9.52. The first-order chi connectivity index (χ1) is 16.5. The van der Waals surface area contributed by atoms with E-state index in [1.165, 1.54) is 30.5 Å². The summed E-state index contributed by atoms with van der Waals surface area (Å²) >= 11 is 12.7. The summed E-state index contributed by atoms with van der Waals surface area (Å²) in [6.07, 6.45) is 0. The molecule has 1 unspecified atom stereocenters. The van der Waals surface area contributed by atoms with Crippen LogP contribution in [0.15, 0.2) is 52.5 Å². The quantitative estimate of drug-likeness (QED) is 0.207. The summed E-state index contributed by atoms with van der Waals surface area (Å²) in [5.41, 5.74) is 1.16. The summed E-state index contributed by atoms with van der Waals surface area (Å²) in [5, 5.41) is 27.4. The molecule has 180 valence electrons. The number of ketones is 1. The van der Waals surface area contributed by atoms with E-state index in [0.29, 0.717) is 10.7 Å². The molecule has 0 radical (unpaired) electrons. The van der Waals surface area contributed by atoms with Gasteiger partial charge in [-0.25, -0.2) is 10.2 Å². The van der Waals surface area contributed by atoms with E-state index in [2.05, 4.69) is 15.8 Å². The number of benzene rings is 2. The SMILES string of the molecule is C/C(=N\NC(=O)c1ccc(C(=O)O)c([N+](=O)[O-])c1)C1=CSC(C(=O)Nc2ccc(Cl)c(Cl)c2)C1=O. The number of aromatic carboxylic acids is 1. The molecular weight excluding hydrogens is 523 g/mol. The number of amides is 2. The lowest BCUT2D eigenvalue weighted by atomic mass is 10.1. The average molecular weight is 537 g/mol. The summed E-state index contributed by atoms with van der Waals surface area (Å²) in [7, 11) is 0. The van der Waals surface area contributed by atoms with Crippen molar-refractivity contribution in [3.8, 4) is 0 Å². The number of hydrogen-bond donors (Lipinski definition) is 3. The van der Waals surface area contributed by atoms with Gasteiger partial charge in [-0.05, 0) is 42.7 Å². The van der Waals surface area contributed by atoms with E-state index in [1.54, 1.807) is 0 Å². The van der Waals surface area contributed by atoms with Gasteiger partial charge in [0, 0.05) is 22.9 Å². The highest BCUT2D eigenvalue weighted by atomic mass is 35.5. The molecule has 2 amide bonds. The molecule has 35 heavy (non-hydrogen) atoms. The van der Waals surface area contributed by atoms with E-state index in [9.17, 15) is 29.3 Å². The predicted octanol–water partition coefficient (Wildman–Crippen LogP) is 3.91. The number of halogens is 2. The zero-order chi connectivity index (χ0) is 25.9. The molecule has 2 aromatic carbocycles. The van der Waals surface area contributed by atoms with Gasteiger partial charge in [-0.15, -0.1) is 11.8 Å². The molecule has 14 heteroatoms. The normalized spacial score (nSPS) is 15.4. The number of nitro groups is 1. The summed E-state index contributed by atoms with van der Waals surface area (Å²) in [6.45, 7) is 1.43. The van der Waals surface area contributed by atoms with Crippen molar-refractivity contribution in [2.75, 3.05) is 5.32 Å². The number of hydrazone groups is 1. The summed E-state index contributed by atoms with van der Waals surface area (Å²) in [5.74, 6) is -3.51. The Kier molecular flexibility index (Phi) is 7.89. The number of carboxylic acid groups (broad SMARTS) is 1. The lowest BCUT2D eigenvalue weighted by Gasteiger charge is -2.11. The Morgan fingerprint density at radius 3 is 2.49 bits per heavy atom. The average Bonchev–Trinajstić information content (AvgIpc) is 3.20. The number of nitrogens with one attached hydrogen (secondary N) is 2. The van der Waals surface area contributed by atoms with Gasteiger partial charge in [0.2, 0.25) is 5.91 Å². The van der Waals surface area contributed by atoms with E-state index < -0.39 is 45.0 Å². The van der Waals surface area contributed by atoms with Crippen LogP contribution in [0.4, 0.5) is 11.4 Å². The van der Waals surface area contributed by atoms with Crippen molar-refractivity contribution in [1.82, 2.24) is 5.43 Å². The number of Topliss-reactive ketones (excluding diaryl/α,β-unsaturated/α-hetero) is 1. The third-order valence-electron chi connectivity index (χ3n) is 4.65. The molecule has 0 fully saturated rings. The topological polar surface area (TPSA) is 168 Å². The van der Waals surface area contributed by atoms with Crippen LogP contribution in [0.2, 0.25) is 10.0 Å². The number of anilines is 1. The van der Waals surface area contributed by atoms with E-state index in [4.69, 9.17) is 28.3 Å². The van der Waals surface area contributed by atoms with Crippen molar-refractivity contribution in [1.29, 1.82) is 0 Å². The molecule has 0 spiro atoms. The standard InChI is InChI=1S/C21H14Cl2N4O7S/c1-9(25-26-19(29)10-2-4-12(21(31)32)16(6-10)27(33)34)13-8-35-18(17(13)28)20(30)24-11-3-5-14(22)15(23)7-11/h2-8,18H,1H3,(H,24,30)(H,26,29)(H,31,32)/b25-9+. The zero-order valence-corrected chi connectivity index (χ0v) is 19.9. The van der Waals surface area contributed by atoms with Crippen LogP contribution >= 0.6 is 35.0 Å². The Hall–Kier alpha value is -3.74. The maximum atomic E-state index is 12.7. The fourth-order valence-electron chi connectivity index (χ4n) is 2.89. The predicted molar refractivity (Wildman–Crippen MR) is 130 cm³/mol. The van der Waals surface area contributed by atoms with Gasteiger partial charge in [-0.1, -0.05) is 23.2 Å². The largest absolute Gasteiger partial charge is 0.477 e. The molecule has 0 saturated heterocycles. The first-order valence-corrected chi connectivity index (χ1v) is 11.2. The van der Waals surface area contributed by atoms with Crippen molar-refractivity contribution in [3.05, 3.63) is 78.7 Å². The zero-order valence-electron chi connectivity index (χ0n) is 17.6. The second-order valence-electron chi connectivity index (χ2n) is 6.96. The smallest absolute Gasteiger partial charge is 0.342 e. The molecule has 3 rings (SSSR count). The highest BCUT2D eigenvalue weighted by Gasteiger charge is 2.35. The maximum Gasteiger partial charge on any atom is 0.342 e. The second kappa shape index (κ2) is 10.7. The van der Waals surface area contributed by atoms with Crippen molar-refractivity contribution in [2.45, 2.75) is 12.2 Å². The number of carbonyl (C=O) groups is 4. The Bertz CT molecular complexity index is 1340. The van der Waals surface area contributed by atoms with Crippen LogP contribution in [0.5, 0.6) is 0 Å². The van der Waals surface area contributed by atoms with Crippen LogP contribution in [0.1, 0.15) is 27.6 Å². The molecule has 0 aliphatic carbocycles. The molecule has 1 atom stereocenters. The number of carboxylic acids is 1. The first kappa shape index (κ1) is 25.9. The minimum Gasteiger partial charge on any atom is -0.477 e. The van der Waals surface area contributed by atoms with E-state index in [0.717, 1.165) is 30.0 Å². The fraction of sp³-hybridized carbons (Fsp3) is 0.0952. The number of rotatable bonds is 7. The highest BCUT2D eigenvalue weighted by molar-refractivity contribution is 8.04. The van der Waals surface area contributed by atoms with Crippen LogP contribution in [-0.2, 0) is 9.59 Å². The minimum absolute atomic E-state index is 0.0943. The molecule has 0 bridgehead atoms. The number of hydrogen-bond acceptors (Lipinski definition) is 8. The van der Waals surface area contributed by atoms with Crippen LogP contribution < -0.4 is 10.7 Å². The molecule has 3 N–H and O–H groups in total. The molecule has 0 saturated carbocycles. The van der Waals surface area contributed by atoms with Crippen LogP contribution in [0, 0.1) is 10.1 Å². The third-order valence-corrected chi connectivity index (χ3v) is 6.46. The van der Waals surface area contributed by atoms with Crippen molar-refractivity contribution in [3.63, 3.8) is 0 Å². The minimum atomic E-state index is -1.51. The lowest BCUT2D eigenvalue weighted by Crippen LogP contribution is -2.32. The van der Waals surface area contributed by atoms with Gasteiger partial charge in [0.15, 0.2) is 11.0 Å². The molecule has 1 aliphatic heterocycles. The number of allylic oxidation sites excluding steroid dienone is 1. The van der Waals surface area contributed by atoms with Crippen LogP contribution in [0.3, 0.4) is 0 Å². The van der Waals surface area contributed by atoms with Crippen molar-refractivity contribution >= 4 is 75.6 Å². The van der Waals surface area contributed by atoms with Gasteiger partial charge in [-0.3, -0.25) is 24.5 Å². The molecule has 1 aliphatic rings. The Morgan fingerprint density at radius 1 is 1.14 bits per heavy atom. The summed E-state index contributed by atoms with van der Waals surface area (Å²) in [4.78, 5) is 58.9. The number of thioether (sulfide) groups is 1. The van der Waals surface area contributed by atoms with Crippen molar-refractivity contribution < 1.29 is 29.2 Å². The molecule has 1 heterocycles. The van der Waals surface area contributed by atoms with Crippen LogP contribution in [0.25, 0.3) is 0 Å². The maximum absolute atomic E-state index is 12.7. The van der Waals surface area contributed by atoms with Gasteiger partial charge in [0.05, 0.1) is 20.7 Å². The third kappa shape index (κ3) is 5.85. The van der Waals surface area contributed by atoms with Gasteiger partial charge in [0.25, 0.3) is 11.6 Å². The Balaban J connectivity index is 1.67. The molecule has 11 nitrogen and oxygen atoms in total. The molecule has 0 aromatic heterocycles. The van der Waals surface area contributed by atoms with Crippen LogP contribution in [-0.4, -0.2) is 44.6 Å². The number of nitro benzene ring substituents is 1. The molecular formula is C21H14Cl2N4O7S. The van der Waals surface area contributed by atoms with E-state index in [-0.39, 0.29) is 21.9 Å². The van der Waals surface area contributed by atoms with Gasteiger partial charge < -0.3 is 10.4 Å². The lowest BCUT2D eigenvalue weighted by molar-refractivity contribution is -0.385. The summed E-state index contributed by atoms with van der Waals surface area (Å²) in [6, 6.07) is 7.30. The Labute approximate surface area is 211 Å². The highest BCUT2D eigenvalue weighted by Crippen LogP contribution is 2.30. The monoisotopic (exact) mass is 536 g/mol. The Morgan fingerprint density at radius 2 is 1.86 bits per heavy atom. The molecule has 2 aromatic rings. The summed E-state index contributed by atoms with van der Waals surface area (Å²) < 4.78 is 0. The van der Waals surface area contributed by atoms with E-state index in [1.807, 2.05) is 0 Å².